The van der Waals surface area contributed by atoms with E-state index in [2.05, 4.69) is 39.4 Å². The summed E-state index contributed by atoms with van der Waals surface area (Å²) in [5.74, 6) is 0.868. The summed E-state index contributed by atoms with van der Waals surface area (Å²) in [6.07, 6.45) is 2.73. The summed E-state index contributed by atoms with van der Waals surface area (Å²) in [4.78, 5) is 12.6. The number of nitrogens with one attached hydrogen (secondary N) is 2. The largest absolute Gasteiger partial charge is 0.355 e. The molecule has 1 saturated carbocycles. The van der Waals surface area contributed by atoms with E-state index in [1.807, 2.05) is 14.0 Å². The monoisotopic (exact) mass is 309 g/mol. The summed E-state index contributed by atoms with van der Waals surface area (Å²) < 4.78 is 0. The number of hydrogen-bond acceptors (Lipinski definition) is 4. The van der Waals surface area contributed by atoms with Crippen LogP contribution in [0.3, 0.4) is 0 Å². The minimum absolute atomic E-state index is 0.789. The molecule has 0 atom stereocenters. The number of aryl methyl sites for hydroxylation is 2. The molecule has 2 N–H and O–H groups in total. The zero-order chi connectivity index (χ0) is 15.2. The Labute approximate surface area is 131 Å². The van der Waals surface area contributed by atoms with Crippen molar-refractivity contribution in [1.29, 1.82) is 0 Å². The zero-order valence-electron chi connectivity index (χ0n) is 13.6. The Morgan fingerprint density at radius 3 is 2.67 bits per heavy atom. The summed E-state index contributed by atoms with van der Waals surface area (Å²) in [5, 5.41) is 7.88. The number of rotatable bonds is 7. The van der Waals surface area contributed by atoms with E-state index < -0.39 is 0 Å². The third-order valence-corrected chi connectivity index (χ3v) is 4.87. The highest BCUT2D eigenvalue weighted by molar-refractivity contribution is 7.11. The van der Waals surface area contributed by atoms with Crippen LogP contribution in [0.4, 0.5) is 0 Å². The first kappa shape index (κ1) is 16.2. The quantitative estimate of drug-likeness (QED) is 0.597. The molecule has 0 radical (unpaired) electrons. The lowest BCUT2D eigenvalue weighted by molar-refractivity contribution is 0.282. The van der Waals surface area contributed by atoms with Crippen LogP contribution in [0.1, 0.15) is 35.3 Å². The molecule has 1 aliphatic carbocycles. The Morgan fingerprint density at radius 2 is 2.14 bits per heavy atom. The number of aliphatic imine (C=N–C) groups is 1. The van der Waals surface area contributed by atoms with E-state index >= 15 is 0 Å². The van der Waals surface area contributed by atoms with Crippen LogP contribution in [-0.4, -0.2) is 48.6 Å². The molecule has 1 aromatic rings. The molecular formula is C15H27N5S. The van der Waals surface area contributed by atoms with Crippen LogP contribution in [-0.2, 0) is 6.54 Å². The number of hydrogen-bond donors (Lipinski definition) is 2. The topological polar surface area (TPSA) is 52.5 Å². The minimum atomic E-state index is 0.789. The third kappa shape index (κ3) is 4.97. The number of nitrogens with zero attached hydrogens (tertiary/aromatic N) is 3. The summed E-state index contributed by atoms with van der Waals surface area (Å²) >= 11 is 1.75. The molecule has 1 aromatic heterocycles. The van der Waals surface area contributed by atoms with E-state index in [1.54, 1.807) is 11.3 Å². The number of likely N-dealkylation sites (N-methyl/N-ethyl adjacent to an activating group) is 1. The van der Waals surface area contributed by atoms with Gasteiger partial charge in [-0.1, -0.05) is 6.92 Å². The van der Waals surface area contributed by atoms with E-state index in [9.17, 15) is 0 Å². The van der Waals surface area contributed by atoms with Gasteiger partial charge in [-0.2, -0.15) is 0 Å². The van der Waals surface area contributed by atoms with Gasteiger partial charge in [-0.15, -0.1) is 11.3 Å². The van der Waals surface area contributed by atoms with Gasteiger partial charge in [-0.25, -0.2) is 4.98 Å². The molecule has 0 spiro atoms. The van der Waals surface area contributed by atoms with Crippen LogP contribution in [0, 0.1) is 13.8 Å². The molecule has 1 heterocycles. The Kier molecular flexibility index (Phi) is 5.99. The Hall–Kier alpha value is -1.14. The average Bonchev–Trinajstić information content (AvgIpc) is 3.24. The zero-order valence-corrected chi connectivity index (χ0v) is 14.4. The highest BCUT2D eigenvalue weighted by Gasteiger charge is 2.27. The van der Waals surface area contributed by atoms with Crippen LogP contribution in [0.2, 0.25) is 0 Å². The van der Waals surface area contributed by atoms with Gasteiger partial charge >= 0.3 is 0 Å². The van der Waals surface area contributed by atoms with Gasteiger partial charge in [0.2, 0.25) is 0 Å². The fourth-order valence-electron chi connectivity index (χ4n) is 2.48. The number of guanidine groups is 1. The second-order valence-corrected chi connectivity index (χ2v) is 6.74. The number of thiazole rings is 1. The van der Waals surface area contributed by atoms with Gasteiger partial charge < -0.3 is 10.6 Å². The van der Waals surface area contributed by atoms with E-state index in [4.69, 9.17) is 0 Å². The molecule has 21 heavy (non-hydrogen) atoms. The smallest absolute Gasteiger partial charge is 0.191 e. The van der Waals surface area contributed by atoms with Crippen molar-refractivity contribution >= 4 is 17.3 Å². The predicted octanol–water partition coefficient (Wildman–Crippen LogP) is 1.91. The Morgan fingerprint density at radius 1 is 1.38 bits per heavy atom. The first-order chi connectivity index (χ1) is 10.1. The summed E-state index contributed by atoms with van der Waals surface area (Å²) in [6, 6.07) is 0.828. The SMILES string of the molecule is CCN(CCNC(=NC)NCc1sc(C)nc1C)C1CC1. The van der Waals surface area contributed by atoms with Gasteiger partial charge in [-0.05, 0) is 33.2 Å². The second kappa shape index (κ2) is 7.75. The van der Waals surface area contributed by atoms with E-state index in [-0.39, 0.29) is 0 Å². The average molecular weight is 309 g/mol. The van der Waals surface area contributed by atoms with Gasteiger partial charge in [0.05, 0.1) is 17.2 Å². The maximum absolute atomic E-state index is 4.45. The van der Waals surface area contributed by atoms with Crippen molar-refractivity contribution in [3.8, 4) is 0 Å². The van der Waals surface area contributed by atoms with Crippen molar-refractivity contribution < 1.29 is 0 Å². The van der Waals surface area contributed by atoms with Crippen molar-refractivity contribution in [3.05, 3.63) is 15.6 Å². The molecule has 0 aliphatic heterocycles. The van der Waals surface area contributed by atoms with Crippen LogP contribution < -0.4 is 10.6 Å². The molecule has 1 fully saturated rings. The van der Waals surface area contributed by atoms with Crippen molar-refractivity contribution in [2.75, 3.05) is 26.7 Å². The van der Waals surface area contributed by atoms with Gasteiger partial charge in [-0.3, -0.25) is 9.89 Å². The van der Waals surface area contributed by atoms with Crippen molar-refractivity contribution in [2.45, 2.75) is 46.2 Å². The predicted molar refractivity (Wildman–Crippen MR) is 90.1 cm³/mol. The maximum Gasteiger partial charge on any atom is 0.191 e. The third-order valence-electron chi connectivity index (χ3n) is 3.80. The van der Waals surface area contributed by atoms with Crippen LogP contribution >= 0.6 is 11.3 Å². The lowest BCUT2D eigenvalue weighted by atomic mass is 10.4. The lowest BCUT2D eigenvalue weighted by Crippen LogP contribution is -2.41. The molecule has 0 bridgehead atoms. The normalized spacial score (nSPS) is 15.6. The maximum atomic E-state index is 4.45. The van der Waals surface area contributed by atoms with Crippen molar-refractivity contribution in [3.63, 3.8) is 0 Å². The first-order valence-corrected chi connectivity index (χ1v) is 8.57. The van der Waals surface area contributed by atoms with Crippen LogP contribution in [0.25, 0.3) is 0 Å². The first-order valence-electron chi connectivity index (χ1n) is 7.75. The Balaban J connectivity index is 1.71. The van der Waals surface area contributed by atoms with E-state index in [1.165, 1.54) is 17.7 Å². The Bertz CT molecular complexity index is 478. The minimum Gasteiger partial charge on any atom is -0.355 e. The molecule has 1 aliphatic rings. The van der Waals surface area contributed by atoms with Crippen LogP contribution in [0.15, 0.2) is 4.99 Å². The lowest BCUT2D eigenvalue weighted by Gasteiger charge is -2.20. The van der Waals surface area contributed by atoms with Gasteiger partial charge in [0.1, 0.15) is 0 Å². The molecule has 2 rings (SSSR count). The molecule has 0 saturated heterocycles. The van der Waals surface area contributed by atoms with Gasteiger partial charge in [0.25, 0.3) is 0 Å². The van der Waals surface area contributed by atoms with Crippen molar-refractivity contribution in [1.82, 2.24) is 20.5 Å². The van der Waals surface area contributed by atoms with Crippen LogP contribution in [0.5, 0.6) is 0 Å². The van der Waals surface area contributed by atoms with Crippen molar-refractivity contribution in [2.24, 2.45) is 4.99 Å². The van der Waals surface area contributed by atoms with Gasteiger partial charge in [0.15, 0.2) is 5.96 Å². The fourth-order valence-corrected chi connectivity index (χ4v) is 3.36. The highest BCUT2D eigenvalue weighted by Crippen LogP contribution is 2.25. The molecule has 6 heteroatoms. The van der Waals surface area contributed by atoms with Gasteiger partial charge in [0, 0.05) is 31.1 Å². The van der Waals surface area contributed by atoms with E-state index in [0.29, 0.717) is 0 Å². The summed E-state index contributed by atoms with van der Waals surface area (Å²) in [6.45, 7) is 10.3. The number of aromatic nitrogens is 1. The summed E-state index contributed by atoms with van der Waals surface area (Å²) in [7, 11) is 1.82. The standard InChI is InChI=1S/C15H27N5S/c1-5-20(13-6-7-13)9-8-17-15(16-4)18-10-14-11(2)19-12(3)21-14/h13H,5-10H2,1-4H3,(H2,16,17,18). The molecule has 118 valence electrons. The van der Waals surface area contributed by atoms with E-state index in [0.717, 1.165) is 48.9 Å². The second-order valence-electron chi connectivity index (χ2n) is 5.45. The molecule has 0 amide bonds. The fraction of sp³-hybridized carbons (Fsp3) is 0.733. The molecule has 0 unspecified atom stereocenters. The molecule has 5 nitrogen and oxygen atoms in total. The highest BCUT2D eigenvalue weighted by atomic mass is 32.1. The molecular weight excluding hydrogens is 282 g/mol. The molecule has 0 aromatic carbocycles. The summed E-state index contributed by atoms with van der Waals surface area (Å²) in [5.41, 5.74) is 1.12.